The molecule has 0 saturated carbocycles. The Balaban J connectivity index is 2.57. The Hall–Kier alpha value is -1.36. The zero-order chi connectivity index (χ0) is 16.0. The number of carbonyl (C=O) groups excluding carboxylic acids is 1. The van der Waals surface area contributed by atoms with Crippen LogP contribution in [0.25, 0.3) is 0 Å². The summed E-state index contributed by atoms with van der Waals surface area (Å²) in [5, 5.41) is 6.77. The van der Waals surface area contributed by atoms with Crippen molar-refractivity contribution in [1.29, 1.82) is 0 Å². The van der Waals surface area contributed by atoms with Crippen molar-refractivity contribution in [2.24, 2.45) is 5.41 Å². The van der Waals surface area contributed by atoms with E-state index >= 15 is 0 Å². The molecule has 0 radical (unpaired) electrons. The molecule has 0 aliphatic rings. The maximum Gasteiger partial charge on any atom is 0.273 e. The molecule has 0 saturated heterocycles. The molecule has 0 bridgehead atoms. The maximum absolute atomic E-state index is 12.1. The quantitative estimate of drug-likeness (QED) is 0.801. The number of amides is 1. The van der Waals surface area contributed by atoms with Crippen molar-refractivity contribution in [2.75, 3.05) is 20.1 Å². The van der Waals surface area contributed by atoms with Crippen LogP contribution in [0.15, 0.2) is 10.6 Å². The lowest BCUT2D eigenvalue weighted by molar-refractivity contribution is 0.0870. The van der Waals surface area contributed by atoms with E-state index in [2.05, 4.69) is 50.1 Å². The van der Waals surface area contributed by atoms with Crippen molar-refractivity contribution in [3.8, 4) is 0 Å². The van der Waals surface area contributed by atoms with Crippen LogP contribution in [0.2, 0.25) is 0 Å². The number of hydrogen-bond donors (Lipinski definition) is 1. The molecule has 1 aromatic rings. The second-order valence-corrected chi connectivity index (χ2v) is 6.36. The van der Waals surface area contributed by atoms with Gasteiger partial charge in [0.05, 0.1) is 0 Å². The van der Waals surface area contributed by atoms with Crippen LogP contribution in [-0.2, 0) is 6.42 Å². The minimum absolute atomic E-state index is 0.0170. The molecule has 1 unspecified atom stereocenters. The molecular weight excluding hydrogens is 266 g/mol. The van der Waals surface area contributed by atoms with Gasteiger partial charge in [0, 0.05) is 25.1 Å². The third-order valence-corrected chi connectivity index (χ3v) is 4.21. The normalized spacial score (nSPS) is 13.5. The Kier molecular flexibility index (Phi) is 6.40. The Morgan fingerprint density at radius 1 is 1.48 bits per heavy atom. The predicted molar refractivity (Wildman–Crippen MR) is 84.4 cm³/mol. The van der Waals surface area contributed by atoms with Crippen molar-refractivity contribution in [2.45, 2.75) is 53.5 Å². The Labute approximate surface area is 128 Å². The van der Waals surface area contributed by atoms with Crippen LogP contribution in [0.5, 0.6) is 0 Å². The fraction of sp³-hybridized carbons (Fsp3) is 0.750. The van der Waals surface area contributed by atoms with Crippen molar-refractivity contribution >= 4 is 5.91 Å². The van der Waals surface area contributed by atoms with Gasteiger partial charge in [0.1, 0.15) is 5.76 Å². The summed E-state index contributed by atoms with van der Waals surface area (Å²) in [6, 6.07) is 2.08. The molecule has 5 heteroatoms. The molecule has 5 nitrogen and oxygen atoms in total. The molecule has 1 amide bonds. The number of nitrogens with zero attached hydrogens (tertiary/aromatic N) is 2. The van der Waals surface area contributed by atoms with E-state index < -0.39 is 0 Å². The number of carbonyl (C=O) groups is 1. The predicted octanol–water partition coefficient (Wildman–Crippen LogP) is 2.72. The standard InChI is InChI=1S/C16H29N3O2/c1-7-9-19(6)12(3)16(4,5)11-17-15(20)14-10-13(8-2)21-18-14/h10,12H,7-9,11H2,1-6H3,(H,17,20). The number of hydrogen-bond acceptors (Lipinski definition) is 4. The lowest BCUT2D eigenvalue weighted by atomic mass is 9.84. The molecule has 1 atom stereocenters. The van der Waals surface area contributed by atoms with Gasteiger partial charge < -0.3 is 14.7 Å². The van der Waals surface area contributed by atoms with Crippen LogP contribution >= 0.6 is 0 Å². The second kappa shape index (κ2) is 7.59. The smallest absolute Gasteiger partial charge is 0.273 e. The monoisotopic (exact) mass is 295 g/mol. The van der Waals surface area contributed by atoms with Crippen LogP contribution in [0.4, 0.5) is 0 Å². The molecule has 120 valence electrons. The largest absolute Gasteiger partial charge is 0.361 e. The van der Waals surface area contributed by atoms with Crippen LogP contribution in [0.3, 0.4) is 0 Å². The summed E-state index contributed by atoms with van der Waals surface area (Å²) in [6.45, 7) is 12.4. The zero-order valence-corrected chi connectivity index (χ0v) is 14.2. The fourth-order valence-electron chi connectivity index (χ4n) is 2.28. The van der Waals surface area contributed by atoms with E-state index in [-0.39, 0.29) is 11.3 Å². The number of aromatic nitrogens is 1. The highest BCUT2D eigenvalue weighted by atomic mass is 16.5. The Bertz CT molecular complexity index is 454. The number of aryl methyl sites for hydroxylation is 1. The van der Waals surface area contributed by atoms with E-state index in [1.165, 1.54) is 0 Å². The zero-order valence-electron chi connectivity index (χ0n) is 14.2. The minimum Gasteiger partial charge on any atom is -0.361 e. The molecule has 0 aliphatic heterocycles. The molecule has 1 aromatic heterocycles. The van der Waals surface area contributed by atoms with Gasteiger partial charge in [-0.15, -0.1) is 0 Å². The highest BCUT2D eigenvalue weighted by molar-refractivity contribution is 5.92. The van der Waals surface area contributed by atoms with Gasteiger partial charge in [-0.1, -0.05) is 32.9 Å². The van der Waals surface area contributed by atoms with Gasteiger partial charge in [-0.3, -0.25) is 4.79 Å². The van der Waals surface area contributed by atoms with E-state index in [1.54, 1.807) is 6.07 Å². The summed E-state index contributed by atoms with van der Waals surface area (Å²) in [6.07, 6.45) is 1.87. The van der Waals surface area contributed by atoms with E-state index in [4.69, 9.17) is 4.52 Å². The maximum atomic E-state index is 12.1. The first-order valence-corrected chi connectivity index (χ1v) is 7.75. The molecule has 0 aromatic carbocycles. The molecular formula is C16H29N3O2. The molecule has 0 spiro atoms. The Morgan fingerprint density at radius 2 is 2.14 bits per heavy atom. The summed E-state index contributed by atoms with van der Waals surface area (Å²) >= 11 is 0. The second-order valence-electron chi connectivity index (χ2n) is 6.36. The molecule has 1 heterocycles. The van der Waals surface area contributed by atoms with Crippen LogP contribution in [-0.4, -0.2) is 42.1 Å². The molecule has 0 fully saturated rings. The van der Waals surface area contributed by atoms with Gasteiger partial charge in [-0.2, -0.15) is 0 Å². The first-order valence-electron chi connectivity index (χ1n) is 7.75. The molecule has 21 heavy (non-hydrogen) atoms. The first-order chi connectivity index (χ1) is 9.81. The van der Waals surface area contributed by atoms with Crippen molar-refractivity contribution < 1.29 is 9.32 Å². The van der Waals surface area contributed by atoms with E-state index in [1.807, 2.05) is 6.92 Å². The lowest BCUT2D eigenvalue weighted by Crippen LogP contribution is -2.47. The van der Waals surface area contributed by atoms with Gasteiger partial charge in [-0.05, 0) is 32.4 Å². The summed E-state index contributed by atoms with van der Waals surface area (Å²) < 4.78 is 5.07. The minimum atomic E-state index is -0.170. The molecule has 0 aliphatic carbocycles. The number of rotatable bonds is 8. The van der Waals surface area contributed by atoms with Crippen molar-refractivity contribution in [3.63, 3.8) is 0 Å². The fourth-order valence-corrected chi connectivity index (χ4v) is 2.28. The summed E-state index contributed by atoms with van der Waals surface area (Å²) in [4.78, 5) is 14.4. The lowest BCUT2D eigenvalue weighted by Gasteiger charge is -2.38. The summed E-state index contributed by atoms with van der Waals surface area (Å²) in [5.74, 6) is 0.562. The SMILES string of the molecule is CCCN(C)C(C)C(C)(C)CNC(=O)c1cc(CC)on1. The van der Waals surface area contributed by atoms with Crippen molar-refractivity contribution in [3.05, 3.63) is 17.5 Å². The van der Waals surface area contributed by atoms with E-state index in [0.717, 1.165) is 25.1 Å². The summed E-state index contributed by atoms with van der Waals surface area (Å²) in [7, 11) is 2.13. The van der Waals surface area contributed by atoms with E-state index in [9.17, 15) is 4.79 Å². The van der Waals surface area contributed by atoms with E-state index in [0.29, 0.717) is 18.3 Å². The third-order valence-electron chi connectivity index (χ3n) is 4.21. The highest BCUT2D eigenvalue weighted by Gasteiger charge is 2.29. The van der Waals surface area contributed by atoms with Gasteiger partial charge >= 0.3 is 0 Å². The first kappa shape index (κ1) is 17.7. The number of nitrogens with one attached hydrogen (secondary N) is 1. The van der Waals surface area contributed by atoms with Crippen LogP contribution in [0.1, 0.15) is 57.3 Å². The third kappa shape index (κ3) is 4.84. The van der Waals surface area contributed by atoms with Crippen molar-refractivity contribution in [1.82, 2.24) is 15.4 Å². The molecule has 1 rings (SSSR count). The van der Waals surface area contributed by atoms with Gasteiger partial charge in [-0.25, -0.2) is 0 Å². The Morgan fingerprint density at radius 3 is 2.67 bits per heavy atom. The van der Waals surface area contributed by atoms with Gasteiger partial charge in [0.15, 0.2) is 5.69 Å². The summed E-state index contributed by atoms with van der Waals surface area (Å²) in [5.41, 5.74) is 0.342. The average Bonchev–Trinajstić information content (AvgIpc) is 2.93. The highest BCUT2D eigenvalue weighted by Crippen LogP contribution is 2.23. The average molecular weight is 295 g/mol. The van der Waals surface area contributed by atoms with Gasteiger partial charge in [0.25, 0.3) is 5.91 Å². The topological polar surface area (TPSA) is 58.4 Å². The van der Waals surface area contributed by atoms with Crippen LogP contribution < -0.4 is 5.32 Å². The molecule has 1 N–H and O–H groups in total. The van der Waals surface area contributed by atoms with Crippen LogP contribution in [0, 0.1) is 5.41 Å². The van der Waals surface area contributed by atoms with Gasteiger partial charge in [0.2, 0.25) is 0 Å².